The summed E-state index contributed by atoms with van der Waals surface area (Å²) in [6.07, 6.45) is 0.876. The summed E-state index contributed by atoms with van der Waals surface area (Å²) in [5.74, 6) is 0.673. The van der Waals surface area contributed by atoms with Crippen LogP contribution in [-0.4, -0.2) is 22.9 Å². The molecule has 3 nitrogen and oxygen atoms in total. The first kappa shape index (κ1) is 14.0. The number of aromatic hydroxyl groups is 1. The summed E-state index contributed by atoms with van der Waals surface area (Å²) in [5.41, 5.74) is 0.897. The molecule has 0 heterocycles. The van der Waals surface area contributed by atoms with Crippen molar-refractivity contribution in [1.82, 2.24) is 5.32 Å². The fourth-order valence-corrected chi connectivity index (χ4v) is 1.92. The number of phenols is 1. The Bertz CT molecular complexity index is 339. The van der Waals surface area contributed by atoms with Crippen LogP contribution in [0.3, 0.4) is 0 Å². The minimum absolute atomic E-state index is 0.0551. The van der Waals surface area contributed by atoms with Crippen molar-refractivity contribution in [3.05, 3.63) is 29.8 Å². The van der Waals surface area contributed by atoms with Gasteiger partial charge in [0.1, 0.15) is 5.75 Å². The zero-order valence-corrected chi connectivity index (χ0v) is 10.9. The molecule has 2 atom stereocenters. The fraction of sp³-hybridized carbons (Fsp3) is 0.571. The molecule has 0 aliphatic rings. The molecule has 3 heteroatoms. The molecule has 2 unspecified atom stereocenters. The van der Waals surface area contributed by atoms with E-state index in [9.17, 15) is 10.2 Å². The lowest BCUT2D eigenvalue weighted by atomic mass is 9.99. The van der Waals surface area contributed by atoms with Gasteiger partial charge in [-0.25, -0.2) is 0 Å². The van der Waals surface area contributed by atoms with Crippen molar-refractivity contribution in [2.45, 2.75) is 39.3 Å². The highest BCUT2D eigenvalue weighted by Crippen LogP contribution is 2.26. The van der Waals surface area contributed by atoms with E-state index in [0.717, 1.165) is 12.0 Å². The topological polar surface area (TPSA) is 52.5 Å². The lowest BCUT2D eigenvalue weighted by Crippen LogP contribution is -2.39. The Morgan fingerprint density at radius 3 is 2.35 bits per heavy atom. The average Bonchev–Trinajstić information content (AvgIpc) is 2.31. The normalized spacial score (nSPS) is 14.9. The molecule has 0 aliphatic heterocycles. The van der Waals surface area contributed by atoms with Gasteiger partial charge in [-0.1, -0.05) is 39.0 Å². The lowest BCUT2D eigenvalue weighted by molar-refractivity contribution is 0.197. The monoisotopic (exact) mass is 237 g/mol. The third-order valence-electron chi connectivity index (χ3n) is 3.14. The van der Waals surface area contributed by atoms with Gasteiger partial charge in [-0.3, -0.25) is 0 Å². The van der Waals surface area contributed by atoms with Gasteiger partial charge in [0, 0.05) is 17.6 Å². The van der Waals surface area contributed by atoms with Crippen LogP contribution in [0.2, 0.25) is 0 Å². The van der Waals surface area contributed by atoms with E-state index in [-0.39, 0.29) is 18.7 Å². The Morgan fingerprint density at radius 2 is 1.88 bits per heavy atom. The van der Waals surface area contributed by atoms with Gasteiger partial charge in [-0.05, 0) is 18.4 Å². The SMILES string of the molecule is CCC(NC(CO)C(C)C)c1ccccc1O. The standard InChI is InChI=1S/C14H23NO2/c1-4-12(15-13(9-16)10(2)3)11-7-5-6-8-14(11)17/h5-8,10,12-13,15-17H,4,9H2,1-3H3. The van der Waals surface area contributed by atoms with E-state index in [1.54, 1.807) is 6.07 Å². The fourth-order valence-electron chi connectivity index (χ4n) is 1.92. The number of benzene rings is 1. The van der Waals surface area contributed by atoms with Crippen molar-refractivity contribution >= 4 is 0 Å². The van der Waals surface area contributed by atoms with Gasteiger partial charge in [0.15, 0.2) is 0 Å². The molecule has 0 aromatic heterocycles. The van der Waals surface area contributed by atoms with Gasteiger partial charge in [-0.2, -0.15) is 0 Å². The maximum Gasteiger partial charge on any atom is 0.120 e. The first-order chi connectivity index (χ1) is 8.10. The molecule has 0 saturated heterocycles. The smallest absolute Gasteiger partial charge is 0.120 e. The molecular weight excluding hydrogens is 214 g/mol. The Morgan fingerprint density at radius 1 is 1.24 bits per heavy atom. The van der Waals surface area contributed by atoms with Crippen LogP contribution in [0.4, 0.5) is 0 Å². The van der Waals surface area contributed by atoms with Crippen molar-refractivity contribution in [2.75, 3.05) is 6.61 Å². The average molecular weight is 237 g/mol. The minimum Gasteiger partial charge on any atom is -0.508 e. The van der Waals surface area contributed by atoms with Crippen molar-refractivity contribution in [3.8, 4) is 5.75 Å². The van der Waals surface area contributed by atoms with Gasteiger partial charge >= 0.3 is 0 Å². The molecule has 3 N–H and O–H groups in total. The summed E-state index contributed by atoms with van der Waals surface area (Å²) < 4.78 is 0. The number of para-hydroxylation sites is 1. The molecule has 1 aromatic rings. The van der Waals surface area contributed by atoms with E-state index < -0.39 is 0 Å². The highest BCUT2D eigenvalue weighted by molar-refractivity contribution is 5.34. The molecule has 1 aromatic carbocycles. The van der Waals surface area contributed by atoms with E-state index in [1.165, 1.54) is 0 Å². The second-order valence-corrected chi connectivity index (χ2v) is 4.72. The third-order valence-corrected chi connectivity index (χ3v) is 3.14. The molecule has 0 spiro atoms. The predicted octanol–water partition coefficient (Wildman–Crippen LogP) is 2.45. The number of rotatable bonds is 6. The Balaban J connectivity index is 2.82. The van der Waals surface area contributed by atoms with Crippen LogP contribution < -0.4 is 5.32 Å². The maximum absolute atomic E-state index is 9.83. The molecular formula is C14H23NO2. The number of aliphatic hydroxyl groups excluding tert-OH is 1. The van der Waals surface area contributed by atoms with Crippen LogP contribution in [0, 0.1) is 5.92 Å². The summed E-state index contributed by atoms with van der Waals surface area (Å²) in [4.78, 5) is 0. The number of phenolic OH excluding ortho intramolecular Hbond substituents is 1. The van der Waals surface area contributed by atoms with Crippen LogP contribution in [0.1, 0.15) is 38.8 Å². The molecule has 0 aliphatic carbocycles. The van der Waals surface area contributed by atoms with E-state index >= 15 is 0 Å². The highest BCUT2D eigenvalue weighted by Gasteiger charge is 2.19. The Kier molecular flexibility index (Phi) is 5.45. The Hall–Kier alpha value is -1.06. The zero-order chi connectivity index (χ0) is 12.8. The summed E-state index contributed by atoms with van der Waals surface area (Å²) in [6.45, 7) is 6.33. The van der Waals surface area contributed by atoms with E-state index in [2.05, 4.69) is 26.1 Å². The van der Waals surface area contributed by atoms with E-state index in [4.69, 9.17) is 0 Å². The second-order valence-electron chi connectivity index (χ2n) is 4.72. The molecule has 0 bridgehead atoms. The molecule has 96 valence electrons. The summed E-state index contributed by atoms with van der Waals surface area (Å²) in [6, 6.07) is 7.49. The van der Waals surface area contributed by atoms with Crippen LogP contribution in [0.5, 0.6) is 5.75 Å². The van der Waals surface area contributed by atoms with Crippen molar-refractivity contribution in [3.63, 3.8) is 0 Å². The van der Waals surface area contributed by atoms with Gasteiger partial charge < -0.3 is 15.5 Å². The van der Waals surface area contributed by atoms with Crippen LogP contribution in [0.25, 0.3) is 0 Å². The number of hydrogen-bond acceptors (Lipinski definition) is 3. The van der Waals surface area contributed by atoms with E-state index in [1.807, 2.05) is 18.2 Å². The molecule has 1 rings (SSSR count). The minimum atomic E-state index is 0.0551. The van der Waals surface area contributed by atoms with Gasteiger partial charge in [0.25, 0.3) is 0 Å². The second kappa shape index (κ2) is 6.62. The van der Waals surface area contributed by atoms with Crippen molar-refractivity contribution in [2.24, 2.45) is 5.92 Å². The summed E-state index contributed by atoms with van der Waals surface area (Å²) in [7, 11) is 0. The predicted molar refractivity (Wildman–Crippen MR) is 70.0 cm³/mol. The zero-order valence-electron chi connectivity index (χ0n) is 10.9. The van der Waals surface area contributed by atoms with Gasteiger partial charge in [0.05, 0.1) is 6.61 Å². The largest absolute Gasteiger partial charge is 0.508 e. The number of hydrogen-bond donors (Lipinski definition) is 3. The van der Waals surface area contributed by atoms with Gasteiger partial charge in [0.2, 0.25) is 0 Å². The summed E-state index contributed by atoms with van der Waals surface area (Å²) >= 11 is 0. The van der Waals surface area contributed by atoms with Crippen LogP contribution in [0.15, 0.2) is 24.3 Å². The van der Waals surface area contributed by atoms with Crippen molar-refractivity contribution < 1.29 is 10.2 Å². The molecule has 17 heavy (non-hydrogen) atoms. The molecule has 0 saturated carbocycles. The summed E-state index contributed by atoms with van der Waals surface area (Å²) in [5, 5.41) is 22.6. The highest BCUT2D eigenvalue weighted by atomic mass is 16.3. The lowest BCUT2D eigenvalue weighted by Gasteiger charge is -2.27. The molecule has 0 fully saturated rings. The van der Waals surface area contributed by atoms with E-state index in [0.29, 0.717) is 11.7 Å². The Labute approximate surface area is 103 Å². The first-order valence-electron chi connectivity index (χ1n) is 6.24. The number of nitrogens with one attached hydrogen (secondary N) is 1. The third kappa shape index (κ3) is 3.72. The first-order valence-corrected chi connectivity index (χ1v) is 6.24. The molecule has 0 amide bonds. The van der Waals surface area contributed by atoms with Gasteiger partial charge in [-0.15, -0.1) is 0 Å². The number of aliphatic hydroxyl groups is 1. The molecule has 0 radical (unpaired) electrons. The van der Waals surface area contributed by atoms with Crippen LogP contribution >= 0.6 is 0 Å². The maximum atomic E-state index is 9.83. The van der Waals surface area contributed by atoms with Crippen molar-refractivity contribution in [1.29, 1.82) is 0 Å². The van der Waals surface area contributed by atoms with Crippen LogP contribution in [-0.2, 0) is 0 Å². The quantitative estimate of drug-likeness (QED) is 0.712.